The third-order valence-corrected chi connectivity index (χ3v) is 4.60. The second-order valence-electron chi connectivity index (χ2n) is 6.24. The predicted octanol–water partition coefficient (Wildman–Crippen LogP) is 3.06. The Kier molecular flexibility index (Phi) is 6.40. The number of hydrogen-bond donors (Lipinski definition) is 2. The van der Waals surface area contributed by atoms with E-state index in [2.05, 4.69) is 20.5 Å². The van der Waals surface area contributed by atoms with Gasteiger partial charge in [0, 0.05) is 0 Å². The first-order valence-corrected chi connectivity index (χ1v) is 9.67. The zero-order valence-corrected chi connectivity index (χ0v) is 16.9. The van der Waals surface area contributed by atoms with Gasteiger partial charge in [-0.05, 0) is 55.1 Å². The summed E-state index contributed by atoms with van der Waals surface area (Å²) in [5.74, 6) is 0.597. The summed E-state index contributed by atoms with van der Waals surface area (Å²) in [6, 6.07) is 10.5. The Morgan fingerprint density at radius 3 is 2.79 bits per heavy atom. The fraction of sp³-hybridized carbons (Fsp3) is 0.200. The van der Waals surface area contributed by atoms with Crippen LogP contribution in [0.4, 0.5) is 0 Å². The van der Waals surface area contributed by atoms with E-state index >= 15 is 0 Å². The van der Waals surface area contributed by atoms with Crippen molar-refractivity contribution in [1.29, 1.82) is 0 Å². The van der Waals surface area contributed by atoms with Crippen LogP contribution in [0.2, 0.25) is 0 Å². The summed E-state index contributed by atoms with van der Waals surface area (Å²) >= 11 is 1.45. The first kappa shape index (κ1) is 20.3. The minimum Gasteiger partial charge on any atom is -0.493 e. The molecular formula is C20H20N4O4S. The summed E-state index contributed by atoms with van der Waals surface area (Å²) in [5, 5.41) is 5.81. The molecule has 29 heavy (non-hydrogen) atoms. The average molecular weight is 412 g/mol. The zero-order chi connectivity index (χ0) is 20.8. The highest BCUT2D eigenvalue weighted by Crippen LogP contribution is 2.28. The number of hydrogen-bond acceptors (Lipinski definition) is 7. The van der Waals surface area contributed by atoms with Gasteiger partial charge in [-0.1, -0.05) is 6.07 Å². The fourth-order valence-corrected chi connectivity index (χ4v) is 3.17. The molecule has 1 amide bonds. The Balaban J connectivity index is 1.72. The van der Waals surface area contributed by atoms with Crippen LogP contribution in [0.3, 0.4) is 0 Å². The minimum atomic E-state index is -0.601. The SMILES string of the molecule is COc1cc(/C=N/NC(=O)c2cc(-c3cccs3)[nH]c(=O)n2)ccc1OC(C)C. The molecule has 0 aliphatic heterocycles. The van der Waals surface area contributed by atoms with Crippen molar-refractivity contribution in [3.05, 3.63) is 63.5 Å². The molecule has 2 aromatic heterocycles. The third kappa shape index (κ3) is 5.29. The molecule has 0 unspecified atom stereocenters. The lowest BCUT2D eigenvalue weighted by Gasteiger charge is -2.13. The van der Waals surface area contributed by atoms with Gasteiger partial charge in [0.05, 0.1) is 30.0 Å². The summed E-state index contributed by atoms with van der Waals surface area (Å²) in [6.07, 6.45) is 1.48. The largest absolute Gasteiger partial charge is 0.493 e. The van der Waals surface area contributed by atoms with Crippen molar-refractivity contribution in [2.24, 2.45) is 5.10 Å². The minimum absolute atomic E-state index is 0.0169. The summed E-state index contributed by atoms with van der Waals surface area (Å²) in [4.78, 5) is 31.3. The van der Waals surface area contributed by atoms with E-state index in [1.165, 1.54) is 23.6 Å². The van der Waals surface area contributed by atoms with Crippen LogP contribution in [0.5, 0.6) is 11.5 Å². The number of H-pyrrole nitrogens is 1. The number of nitrogens with zero attached hydrogens (tertiary/aromatic N) is 2. The molecule has 150 valence electrons. The molecule has 0 aliphatic carbocycles. The number of nitrogens with one attached hydrogen (secondary N) is 2. The quantitative estimate of drug-likeness (QED) is 0.458. The van der Waals surface area contributed by atoms with Gasteiger partial charge in [-0.3, -0.25) is 4.79 Å². The molecule has 0 atom stereocenters. The summed E-state index contributed by atoms with van der Waals surface area (Å²) in [5.41, 5.74) is 2.99. The summed E-state index contributed by atoms with van der Waals surface area (Å²) < 4.78 is 11.0. The van der Waals surface area contributed by atoms with Gasteiger partial charge >= 0.3 is 5.69 Å². The molecule has 0 fully saturated rings. The summed E-state index contributed by atoms with van der Waals surface area (Å²) in [7, 11) is 1.55. The van der Waals surface area contributed by atoms with E-state index in [0.29, 0.717) is 22.8 Å². The Hall–Kier alpha value is -3.46. The smallest absolute Gasteiger partial charge is 0.346 e. The van der Waals surface area contributed by atoms with Crippen LogP contribution in [-0.2, 0) is 0 Å². The monoisotopic (exact) mass is 412 g/mol. The molecule has 2 heterocycles. The van der Waals surface area contributed by atoms with E-state index in [1.54, 1.807) is 25.3 Å². The van der Waals surface area contributed by atoms with Gasteiger partial charge in [0.1, 0.15) is 5.69 Å². The lowest BCUT2D eigenvalue weighted by molar-refractivity contribution is 0.0949. The van der Waals surface area contributed by atoms with Gasteiger partial charge in [0.2, 0.25) is 0 Å². The Bertz CT molecular complexity index is 1070. The molecule has 0 saturated carbocycles. The van der Waals surface area contributed by atoms with Crippen LogP contribution in [0.25, 0.3) is 10.6 Å². The van der Waals surface area contributed by atoms with Crippen LogP contribution in [0, 0.1) is 0 Å². The number of rotatable bonds is 7. The zero-order valence-electron chi connectivity index (χ0n) is 16.1. The number of amides is 1. The first-order chi connectivity index (χ1) is 14.0. The molecule has 0 bridgehead atoms. The van der Waals surface area contributed by atoms with Crippen LogP contribution < -0.4 is 20.6 Å². The van der Waals surface area contributed by atoms with E-state index in [9.17, 15) is 9.59 Å². The molecule has 0 spiro atoms. The molecule has 0 aliphatic rings. The van der Waals surface area contributed by atoms with Crippen molar-refractivity contribution in [1.82, 2.24) is 15.4 Å². The molecule has 0 saturated heterocycles. The molecule has 0 radical (unpaired) electrons. The van der Waals surface area contributed by atoms with Gasteiger partial charge < -0.3 is 14.5 Å². The van der Waals surface area contributed by atoms with Crippen LogP contribution >= 0.6 is 11.3 Å². The van der Waals surface area contributed by atoms with Gasteiger partial charge in [0.25, 0.3) is 5.91 Å². The maximum absolute atomic E-state index is 12.3. The molecule has 3 rings (SSSR count). The van der Waals surface area contributed by atoms with Crippen molar-refractivity contribution < 1.29 is 14.3 Å². The molecule has 9 heteroatoms. The van der Waals surface area contributed by atoms with E-state index in [0.717, 1.165) is 4.88 Å². The average Bonchev–Trinajstić information content (AvgIpc) is 3.23. The third-order valence-electron chi connectivity index (χ3n) is 3.69. The van der Waals surface area contributed by atoms with Crippen molar-refractivity contribution in [3.8, 4) is 22.1 Å². The topological polar surface area (TPSA) is 106 Å². The highest BCUT2D eigenvalue weighted by atomic mass is 32.1. The van der Waals surface area contributed by atoms with Crippen LogP contribution in [0.1, 0.15) is 29.9 Å². The number of hydrazone groups is 1. The van der Waals surface area contributed by atoms with Crippen molar-refractivity contribution in [3.63, 3.8) is 0 Å². The predicted molar refractivity (Wildman–Crippen MR) is 112 cm³/mol. The number of thiophene rings is 1. The highest BCUT2D eigenvalue weighted by molar-refractivity contribution is 7.13. The van der Waals surface area contributed by atoms with Crippen molar-refractivity contribution in [2.75, 3.05) is 7.11 Å². The van der Waals surface area contributed by atoms with Crippen molar-refractivity contribution in [2.45, 2.75) is 20.0 Å². The number of aromatic nitrogens is 2. The number of carbonyl (C=O) groups is 1. The van der Waals surface area contributed by atoms with E-state index in [4.69, 9.17) is 9.47 Å². The number of aromatic amines is 1. The number of carbonyl (C=O) groups excluding carboxylic acids is 1. The van der Waals surface area contributed by atoms with Crippen LogP contribution in [0.15, 0.2) is 51.7 Å². The lowest BCUT2D eigenvalue weighted by Crippen LogP contribution is -2.24. The fourth-order valence-electron chi connectivity index (χ4n) is 2.48. The second-order valence-corrected chi connectivity index (χ2v) is 7.19. The van der Waals surface area contributed by atoms with Gasteiger partial charge in [-0.2, -0.15) is 10.1 Å². The molecular weight excluding hydrogens is 392 g/mol. The Morgan fingerprint density at radius 1 is 1.28 bits per heavy atom. The summed E-state index contributed by atoms with van der Waals surface area (Å²) in [6.45, 7) is 3.85. The normalized spacial score (nSPS) is 11.0. The molecule has 2 N–H and O–H groups in total. The molecule has 3 aromatic rings. The van der Waals surface area contributed by atoms with Gasteiger partial charge in [-0.25, -0.2) is 10.2 Å². The number of benzene rings is 1. The maximum Gasteiger partial charge on any atom is 0.346 e. The number of methoxy groups -OCH3 is 1. The maximum atomic E-state index is 12.3. The lowest BCUT2D eigenvalue weighted by atomic mass is 10.2. The number of ether oxygens (including phenoxy) is 2. The Labute approximate surface area is 171 Å². The Morgan fingerprint density at radius 2 is 2.10 bits per heavy atom. The first-order valence-electron chi connectivity index (χ1n) is 8.79. The molecule has 1 aromatic carbocycles. The van der Waals surface area contributed by atoms with E-state index in [1.807, 2.05) is 31.4 Å². The van der Waals surface area contributed by atoms with Crippen molar-refractivity contribution >= 4 is 23.5 Å². The van der Waals surface area contributed by atoms with E-state index < -0.39 is 11.6 Å². The second kappa shape index (κ2) is 9.16. The van der Waals surface area contributed by atoms with Crippen LogP contribution in [-0.4, -0.2) is 35.3 Å². The van der Waals surface area contributed by atoms with Gasteiger partial charge in [-0.15, -0.1) is 11.3 Å². The molecule has 8 nitrogen and oxygen atoms in total. The highest BCUT2D eigenvalue weighted by Gasteiger charge is 2.11. The van der Waals surface area contributed by atoms with E-state index in [-0.39, 0.29) is 11.8 Å². The standard InChI is InChI=1S/C20H20N4O4S/c1-12(2)28-16-7-6-13(9-17(16)27-3)11-21-24-19(25)15-10-14(22-20(26)23-15)18-5-4-8-29-18/h4-12H,1-3H3,(H,24,25)(H,22,23,26)/b21-11+. The van der Waals surface area contributed by atoms with Gasteiger partial charge in [0.15, 0.2) is 11.5 Å².